The molecule has 0 fully saturated rings. The highest BCUT2D eigenvalue weighted by Gasteiger charge is 2.37. The molecule has 0 saturated carbocycles. The number of aromatic nitrogens is 2. The summed E-state index contributed by atoms with van der Waals surface area (Å²) in [5, 5.41) is 0.502. The largest absolute Gasteiger partial charge is 0.326 e. The Hall–Kier alpha value is -4.55. The van der Waals surface area contributed by atoms with Crippen LogP contribution in [0.15, 0.2) is 158 Å². The van der Waals surface area contributed by atoms with Gasteiger partial charge in [0.1, 0.15) is 11.6 Å². The van der Waals surface area contributed by atoms with Crippen LogP contribution in [0.4, 0.5) is 8.78 Å². The Morgan fingerprint density at radius 1 is 0.634 bits per heavy atom. The van der Waals surface area contributed by atoms with E-state index < -0.39 is 14.7 Å². The fourth-order valence-electron chi connectivity index (χ4n) is 5.14. The summed E-state index contributed by atoms with van der Waals surface area (Å²) in [6.07, 6.45) is 5.30. The second-order valence-electron chi connectivity index (χ2n) is 9.81. The number of nitrogens with zero attached hydrogens (tertiary/aromatic N) is 2. The molecule has 0 N–H and O–H groups in total. The number of rotatable bonds is 7. The number of halogens is 2. The summed E-state index contributed by atoms with van der Waals surface area (Å²) in [5.74, 6) is -0.636. The zero-order valence-corrected chi connectivity index (χ0v) is 23.9. The lowest BCUT2D eigenvalue weighted by Gasteiger charge is -2.37. The van der Waals surface area contributed by atoms with E-state index in [9.17, 15) is 8.78 Å². The molecule has 41 heavy (non-hydrogen) atoms. The van der Waals surface area contributed by atoms with Crippen molar-refractivity contribution in [2.75, 3.05) is 0 Å². The maximum Gasteiger partial charge on any atom is 0.123 e. The van der Waals surface area contributed by atoms with Crippen LogP contribution in [-0.2, 0) is 5.16 Å². The SMILES string of the molecule is Fc1cccc(C([SiH2]c2ccccc2)(c2cccc(F)c2)n2ccnc2)c1.[B]C(c1ccccc1)c1ccccc1. The van der Waals surface area contributed by atoms with Crippen LogP contribution in [0.25, 0.3) is 0 Å². The first-order valence-corrected chi connectivity index (χ1v) is 14.9. The van der Waals surface area contributed by atoms with Gasteiger partial charge in [-0.25, -0.2) is 13.8 Å². The number of hydrogen-bond acceptors (Lipinski definition) is 1. The minimum absolute atomic E-state index is 0.0163. The molecule has 0 unspecified atom stereocenters. The molecular weight excluding hydrogens is 525 g/mol. The molecule has 0 amide bonds. The topological polar surface area (TPSA) is 17.8 Å². The predicted molar refractivity (Wildman–Crippen MR) is 166 cm³/mol. The van der Waals surface area contributed by atoms with Crippen LogP contribution in [0.1, 0.15) is 28.1 Å². The molecule has 0 bridgehead atoms. The van der Waals surface area contributed by atoms with E-state index in [0.717, 1.165) is 22.3 Å². The van der Waals surface area contributed by atoms with Gasteiger partial charge in [-0.05, 0) is 52.3 Å². The smallest absolute Gasteiger partial charge is 0.123 e. The molecule has 0 aliphatic carbocycles. The lowest BCUT2D eigenvalue weighted by molar-refractivity contribution is 0.570. The molecule has 0 aliphatic rings. The van der Waals surface area contributed by atoms with Gasteiger partial charge in [0.15, 0.2) is 0 Å². The van der Waals surface area contributed by atoms with Crippen molar-refractivity contribution in [3.63, 3.8) is 0 Å². The maximum atomic E-state index is 14.2. The fraction of sp³-hybridized carbons (Fsp3) is 0.0571. The van der Waals surface area contributed by atoms with Gasteiger partial charge in [0.05, 0.1) is 28.9 Å². The van der Waals surface area contributed by atoms with Gasteiger partial charge in [0.25, 0.3) is 0 Å². The molecule has 2 nitrogen and oxygen atoms in total. The molecule has 0 spiro atoms. The molecule has 0 aliphatic heterocycles. The second kappa shape index (κ2) is 13.2. The van der Waals surface area contributed by atoms with Gasteiger partial charge in [-0.1, -0.05) is 120 Å². The van der Waals surface area contributed by atoms with E-state index in [1.54, 1.807) is 36.8 Å². The molecule has 0 atom stereocenters. The van der Waals surface area contributed by atoms with Crippen LogP contribution in [-0.4, -0.2) is 26.9 Å². The van der Waals surface area contributed by atoms with Crippen molar-refractivity contribution in [3.8, 4) is 0 Å². The van der Waals surface area contributed by atoms with E-state index in [2.05, 4.69) is 41.4 Å². The number of imidazole rings is 1. The van der Waals surface area contributed by atoms with Crippen LogP contribution < -0.4 is 5.19 Å². The minimum Gasteiger partial charge on any atom is -0.326 e. The Labute approximate surface area is 243 Å². The standard InChI is InChI=1S/C22H18F2N2Si.C13H11B/c23-19-8-4-6-17(14-19)22(26-13-12-25-16-26,18-7-5-9-20(24)15-18)27-21-10-2-1-3-11-21;14-13(11-7-3-1-4-8-11)12-9-5-2-6-10-12/h1-16H,27H2;1-10,13H. The average Bonchev–Trinajstić information content (AvgIpc) is 3.57. The van der Waals surface area contributed by atoms with Crippen molar-refractivity contribution in [2.24, 2.45) is 0 Å². The quantitative estimate of drug-likeness (QED) is 0.211. The van der Waals surface area contributed by atoms with Gasteiger partial charge in [-0.15, -0.1) is 0 Å². The first kappa shape index (κ1) is 28.0. The molecule has 6 rings (SSSR count). The molecule has 200 valence electrons. The van der Waals surface area contributed by atoms with Gasteiger partial charge in [0, 0.05) is 12.4 Å². The van der Waals surface area contributed by atoms with Crippen LogP contribution >= 0.6 is 0 Å². The van der Waals surface area contributed by atoms with Gasteiger partial charge in [-0.3, -0.25) is 0 Å². The van der Waals surface area contributed by atoms with Crippen molar-refractivity contribution in [1.29, 1.82) is 0 Å². The molecule has 1 aromatic heterocycles. The summed E-state index contributed by atoms with van der Waals surface area (Å²) in [6.45, 7) is 0. The van der Waals surface area contributed by atoms with E-state index >= 15 is 0 Å². The predicted octanol–water partition coefficient (Wildman–Crippen LogP) is 6.35. The summed E-state index contributed by atoms with van der Waals surface area (Å²) >= 11 is 0. The number of hydrogen-bond donors (Lipinski definition) is 0. The summed E-state index contributed by atoms with van der Waals surface area (Å²) in [7, 11) is 5.00. The normalized spacial score (nSPS) is 11.4. The summed E-state index contributed by atoms with van der Waals surface area (Å²) < 4.78 is 30.4. The maximum absolute atomic E-state index is 14.2. The van der Waals surface area contributed by atoms with Crippen molar-refractivity contribution >= 4 is 22.6 Å². The third kappa shape index (κ3) is 6.61. The molecular formula is C35H29BF2N2Si. The zero-order chi connectivity index (χ0) is 28.5. The van der Waals surface area contributed by atoms with Crippen LogP contribution in [0, 0.1) is 11.6 Å². The van der Waals surface area contributed by atoms with E-state index in [1.165, 1.54) is 17.3 Å². The van der Waals surface area contributed by atoms with Gasteiger partial charge >= 0.3 is 0 Å². The monoisotopic (exact) mass is 554 g/mol. The first-order chi connectivity index (χ1) is 20.1. The molecule has 1 heterocycles. The minimum atomic E-state index is -1.11. The lowest BCUT2D eigenvalue weighted by atomic mass is 9.76. The Bertz CT molecular complexity index is 1560. The Kier molecular flexibility index (Phi) is 9.02. The van der Waals surface area contributed by atoms with E-state index in [0.29, 0.717) is 0 Å². The second-order valence-corrected chi connectivity index (χ2v) is 12.0. The zero-order valence-electron chi connectivity index (χ0n) is 22.5. The fourth-order valence-corrected chi connectivity index (χ4v) is 7.46. The van der Waals surface area contributed by atoms with Crippen molar-refractivity contribution in [1.82, 2.24) is 9.55 Å². The van der Waals surface area contributed by atoms with Gasteiger partial charge in [-0.2, -0.15) is 0 Å². The van der Waals surface area contributed by atoms with Crippen LogP contribution in [0.5, 0.6) is 0 Å². The van der Waals surface area contributed by atoms with Crippen molar-refractivity contribution in [3.05, 3.63) is 192 Å². The summed E-state index contributed by atoms with van der Waals surface area (Å²) in [6, 6.07) is 43.6. The summed E-state index contributed by atoms with van der Waals surface area (Å²) in [4.78, 5) is 4.22. The summed E-state index contributed by atoms with van der Waals surface area (Å²) in [5.41, 5.74) is 3.89. The average molecular weight is 555 g/mol. The van der Waals surface area contributed by atoms with Gasteiger partial charge < -0.3 is 4.57 Å². The lowest BCUT2D eigenvalue weighted by Crippen LogP contribution is -2.46. The Balaban J connectivity index is 0.000000202. The molecule has 2 radical (unpaired) electrons. The molecule has 6 aromatic rings. The van der Waals surface area contributed by atoms with Crippen LogP contribution in [0.3, 0.4) is 0 Å². The van der Waals surface area contributed by atoms with E-state index in [-0.39, 0.29) is 17.5 Å². The highest BCUT2D eigenvalue weighted by molar-refractivity contribution is 6.57. The molecule has 0 saturated heterocycles. The highest BCUT2D eigenvalue weighted by Crippen LogP contribution is 2.34. The van der Waals surface area contributed by atoms with Crippen molar-refractivity contribution < 1.29 is 8.78 Å². The Morgan fingerprint density at radius 3 is 1.56 bits per heavy atom. The molecule has 6 heteroatoms. The highest BCUT2D eigenvalue weighted by atomic mass is 28.2. The third-order valence-corrected chi connectivity index (χ3v) is 9.74. The molecule has 5 aromatic carbocycles. The van der Waals surface area contributed by atoms with Gasteiger partial charge in [0.2, 0.25) is 0 Å². The first-order valence-electron chi connectivity index (χ1n) is 13.5. The van der Waals surface area contributed by atoms with Crippen LogP contribution in [0.2, 0.25) is 0 Å². The van der Waals surface area contributed by atoms with Crippen molar-refractivity contribution in [2.45, 2.75) is 11.0 Å². The number of benzene rings is 5. The van der Waals surface area contributed by atoms with E-state index in [4.69, 9.17) is 7.85 Å². The van der Waals surface area contributed by atoms with E-state index in [1.807, 2.05) is 77.5 Å². The third-order valence-electron chi connectivity index (χ3n) is 7.17. The Morgan fingerprint density at radius 2 is 1.12 bits per heavy atom.